The van der Waals surface area contributed by atoms with Crippen molar-refractivity contribution >= 4 is 28.5 Å². The molecule has 1 saturated carbocycles. The number of ether oxygens (including phenoxy) is 2. The van der Waals surface area contributed by atoms with E-state index in [0.29, 0.717) is 31.6 Å². The summed E-state index contributed by atoms with van der Waals surface area (Å²) < 4.78 is 12.2. The average molecular weight is 711 g/mol. The SMILES string of the molecule is CCC[C@H]1CCCCc2c([nH]c3ccccc23)[C@@](C(=O)OC)(c2cc3c(cc2OC)N(C)C2[C@]34CCN3CC=C[C@](CC)(C34)[C@@H](O)[C@]2(O)C(N)=O)C1. The molecular formula is C42H54N4O6. The Hall–Kier alpha value is -3.86. The number of para-hydroxylation sites is 1. The van der Waals surface area contributed by atoms with Crippen molar-refractivity contribution in [2.45, 2.75) is 106 Å². The van der Waals surface area contributed by atoms with Crippen molar-refractivity contribution in [1.29, 1.82) is 0 Å². The van der Waals surface area contributed by atoms with E-state index in [1.54, 1.807) is 7.11 Å². The molecule has 2 aliphatic carbocycles. The Morgan fingerprint density at radius 1 is 1.10 bits per heavy atom. The van der Waals surface area contributed by atoms with Gasteiger partial charge in [-0.2, -0.15) is 0 Å². The number of anilines is 1. The van der Waals surface area contributed by atoms with Crippen LogP contribution in [-0.4, -0.2) is 90.1 Å². The second-order valence-corrected chi connectivity index (χ2v) is 16.3. The number of aliphatic hydroxyl groups is 2. The first-order chi connectivity index (χ1) is 25.0. The molecule has 1 amide bonds. The highest BCUT2D eigenvalue weighted by Gasteiger charge is 2.78. The topological polar surface area (TPSA) is 141 Å². The number of methoxy groups -OCH3 is 2. The van der Waals surface area contributed by atoms with Crippen molar-refractivity contribution in [3.05, 3.63) is 70.9 Å². The Balaban J connectivity index is 1.47. The highest BCUT2D eigenvalue weighted by Crippen LogP contribution is 2.67. The minimum atomic E-state index is -2.26. The number of benzene rings is 2. The van der Waals surface area contributed by atoms with Crippen LogP contribution in [0.15, 0.2) is 48.6 Å². The van der Waals surface area contributed by atoms with Gasteiger partial charge in [0, 0.05) is 64.4 Å². The predicted molar refractivity (Wildman–Crippen MR) is 201 cm³/mol. The van der Waals surface area contributed by atoms with Crippen molar-refractivity contribution < 1.29 is 29.3 Å². The fourth-order valence-electron chi connectivity index (χ4n) is 12.2. The summed E-state index contributed by atoms with van der Waals surface area (Å²) in [5.74, 6) is -0.497. The maximum atomic E-state index is 15.0. The third-order valence-electron chi connectivity index (χ3n) is 14.2. The Labute approximate surface area is 306 Å². The van der Waals surface area contributed by atoms with E-state index in [9.17, 15) is 15.0 Å². The van der Waals surface area contributed by atoms with Crippen LogP contribution in [0.25, 0.3) is 10.9 Å². The summed E-state index contributed by atoms with van der Waals surface area (Å²) in [6.07, 6.45) is 10.2. The zero-order valence-corrected chi connectivity index (χ0v) is 31.2. The van der Waals surface area contributed by atoms with Crippen LogP contribution in [0.5, 0.6) is 5.75 Å². The third kappa shape index (κ3) is 4.28. The lowest BCUT2D eigenvalue weighted by molar-refractivity contribution is -0.201. The van der Waals surface area contributed by atoms with Gasteiger partial charge in [0.1, 0.15) is 17.3 Å². The Morgan fingerprint density at radius 2 is 1.88 bits per heavy atom. The van der Waals surface area contributed by atoms with E-state index in [1.165, 1.54) is 7.11 Å². The molecule has 2 aromatic carbocycles. The molecule has 1 aromatic heterocycles. The molecule has 1 spiro atoms. The molecule has 52 heavy (non-hydrogen) atoms. The number of aromatic amines is 1. The lowest BCUT2D eigenvalue weighted by atomic mass is 9.47. The van der Waals surface area contributed by atoms with Crippen molar-refractivity contribution in [3.8, 4) is 5.75 Å². The summed E-state index contributed by atoms with van der Waals surface area (Å²) in [6, 6.07) is 11.3. The van der Waals surface area contributed by atoms with Crippen molar-refractivity contribution in [2.24, 2.45) is 17.1 Å². The number of nitrogens with two attached hydrogens (primary N) is 1. The van der Waals surface area contributed by atoms with Gasteiger partial charge in [0.05, 0.1) is 20.3 Å². The van der Waals surface area contributed by atoms with E-state index in [2.05, 4.69) is 47.1 Å². The molecule has 3 aromatic rings. The number of hydrogen-bond acceptors (Lipinski definition) is 8. The number of aliphatic hydroxyl groups excluding tert-OH is 1. The van der Waals surface area contributed by atoms with E-state index in [1.807, 2.05) is 37.1 Å². The van der Waals surface area contributed by atoms with E-state index >= 15 is 4.79 Å². The summed E-state index contributed by atoms with van der Waals surface area (Å²) >= 11 is 0. The van der Waals surface area contributed by atoms with Crippen LogP contribution in [0, 0.1) is 11.3 Å². The van der Waals surface area contributed by atoms with Gasteiger partial charge in [-0.15, -0.1) is 0 Å². The molecule has 2 unspecified atom stereocenters. The van der Waals surface area contributed by atoms with Gasteiger partial charge in [0.2, 0.25) is 0 Å². The Bertz CT molecular complexity index is 1960. The zero-order valence-electron chi connectivity index (χ0n) is 31.2. The molecule has 3 aliphatic heterocycles. The second kappa shape index (κ2) is 12.4. The zero-order chi connectivity index (χ0) is 36.8. The molecule has 5 N–H and O–H groups in total. The molecule has 1 saturated heterocycles. The van der Waals surface area contributed by atoms with Gasteiger partial charge in [0.25, 0.3) is 5.91 Å². The van der Waals surface area contributed by atoms with Gasteiger partial charge in [-0.25, -0.2) is 0 Å². The average Bonchev–Trinajstić information content (AvgIpc) is 3.81. The first-order valence-corrected chi connectivity index (χ1v) is 19.3. The van der Waals surface area contributed by atoms with E-state index in [0.717, 1.165) is 84.0 Å². The lowest BCUT2D eigenvalue weighted by Gasteiger charge is -2.63. The first-order valence-electron chi connectivity index (χ1n) is 19.3. The number of aromatic nitrogens is 1. The number of esters is 1. The van der Waals surface area contributed by atoms with Crippen LogP contribution in [0.4, 0.5) is 5.69 Å². The summed E-state index contributed by atoms with van der Waals surface area (Å²) in [4.78, 5) is 36.8. The summed E-state index contributed by atoms with van der Waals surface area (Å²) in [6.45, 7) is 5.64. The van der Waals surface area contributed by atoms with Gasteiger partial charge in [-0.1, -0.05) is 69.9 Å². The molecule has 8 atom stereocenters. The number of carbonyl (C=O) groups is 2. The normalized spacial score (nSPS) is 35.2. The predicted octanol–water partition coefficient (Wildman–Crippen LogP) is 4.86. The standard InChI is InChI=1S/C42H54N4O6/c1-6-13-25-14-8-9-16-27-26-15-10-11-17-30(26)44-33(27)41(24-25,38(49)52-5)29-22-28-31(23-32(29)51-4)45(3)35-40(28)19-21-46-20-12-18-39(7-2,34(40)46)36(47)42(35,50)37(43)48/h10-12,15,17-18,22-23,25,34-36,44,47,50H,6-9,13-14,16,19-21,24H2,1-5H3,(H2,43,48)/t25-,34?,35?,36+,39+,40+,41-,42-/m0/s1. The number of likely N-dealkylation sites (N-methyl/N-ethyl adjacent to an activating group) is 1. The van der Waals surface area contributed by atoms with Gasteiger partial charge in [-0.05, 0) is 67.8 Å². The number of amides is 1. The third-order valence-corrected chi connectivity index (χ3v) is 14.2. The molecule has 0 radical (unpaired) electrons. The van der Waals surface area contributed by atoms with Crippen LogP contribution in [0.2, 0.25) is 0 Å². The molecule has 4 heterocycles. The number of hydrogen-bond donors (Lipinski definition) is 4. The molecular weight excluding hydrogens is 656 g/mol. The number of fused-ring (bicyclic) bond motifs is 4. The fourth-order valence-corrected chi connectivity index (χ4v) is 12.2. The highest BCUT2D eigenvalue weighted by atomic mass is 16.5. The summed E-state index contributed by atoms with van der Waals surface area (Å²) in [7, 11) is 4.99. The van der Waals surface area contributed by atoms with Crippen LogP contribution >= 0.6 is 0 Å². The van der Waals surface area contributed by atoms with Crippen LogP contribution < -0.4 is 15.4 Å². The first kappa shape index (κ1) is 35.2. The Kier molecular flexibility index (Phi) is 8.36. The van der Waals surface area contributed by atoms with E-state index in [4.69, 9.17) is 15.2 Å². The van der Waals surface area contributed by atoms with Crippen molar-refractivity contribution in [1.82, 2.24) is 9.88 Å². The van der Waals surface area contributed by atoms with Gasteiger partial charge in [0.15, 0.2) is 5.60 Å². The molecule has 278 valence electrons. The summed E-state index contributed by atoms with van der Waals surface area (Å²) in [5.41, 5.74) is 6.33. The van der Waals surface area contributed by atoms with Gasteiger partial charge < -0.3 is 35.3 Å². The van der Waals surface area contributed by atoms with E-state index in [-0.39, 0.29) is 17.9 Å². The molecule has 0 bridgehead atoms. The van der Waals surface area contributed by atoms with Gasteiger partial charge in [-0.3, -0.25) is 14.5 Å². The largest absolute Gasteiger partial charge is 0.496 e. The van der Waals surface area contributed by atoms with E-state index < -0.39 is 39.9 Å². The molecule has 5 aliphatic rings. The molecule has 10 nitrogen and oxygen atoms in total. The van der Waals surface area contributed by atoms with Crippen molar-refractivity contribution in [2.75, 3.05) is 39.3 Å². The number of nitrogens with zero attached hydrogens (tertiary/aromatic N) is 2. The maximum Gasteiger partial charge on any atom is 0.322 e. The number of aryl methyl sites for hydroxylation is 1. The molecule has 10 heteroatoms. The molecule has 2 fully saturated rings. The van der Waals surface area contributed by atoms with Crippen LogP contribution in [0.1, 0.15) is 87.6 Å². The minimum Gasteiger partial charge on any atom is -0.496 e. The monoisotopic (exact) mass is 710 g/mol. The van der Waals surface area contributed by atoms with Crippen LogP contribution in [0.3, 0.4) is 0 Å². The Morgan fingerprint density at radius 3 is 2.60 bits per heavy atom. The van der Waals surface area contributed by atoms with Crippen molar-refractivity contribution in [3.63, 3.8) is 0 Å². The highest BCUT2D eigenvalue weighted by molar-refractivity contribution is 5.95. The quantitative estimate of drug-likeness (QED) is 0.202. The second-order valence-electron chi connectivity index (χ2n) is 16.3. The molecule has 8 rings (SSSR count). The fraction of sp³-hybridized carbons (Fsp3) is 0.571. The maximum absolute atomic E-state index is 15.0. The number of primary amides is 1. The minimum absolute atomic E-state index is 0.231. The summed E-state index contributed by atoms with van der Waals surface area (Å²) in [5, 5.41) is 26.0. The number of carbonyl (C=O) groups excluding carboxylic acids is 2. The number of nitrogens with one attached hydrogen (secondary N) is 1. The number of rotatable bonds is 7. The number of H-pyrrole nitrogens is 1. The van der Waals surface area contributed by atoms with Crippen LogP contribution in [-0.2, 0) is 31.6 Å². The smallest absolute Gasteiger partial charge is 0.322 e. The van der Waals surface area contributed by atoms with Gasteiger partial charge >= 0.3 is 5.97 Å². The lowest BCUT2D eigenvalue weighted by Crippen LogP contribution is -2.81.